The molecular formula is C20H23N5O3S. The van der Waals surface area contributed by atoms with Gasteiger partial charge in [-0.3, -0.25) is 9.59 Å². The summed E-state index contributed by atoms with van der Waals surface area (Å²) in [6, 6.07) is 6.01. The average Bonchev–Trinajstić information content (AvgIpc) is 3.08. The number of nitrogen functional groups attached to an aromatic ring is 1. The lowest BCUT2D eigenvalue weighted by molar-refractivity contribution is -0.148. The maximum atomic E-state index is 12.1. The van der Waals surface area contributed by atoms with E-state index >= 15 is 0 Å². The van der Waals surface area contributed by atoms with E-state index in [9.17, 15) is 9.59 Å². The number of benzene rings is 1. The quantitative estimate of drug-likeness (QED) is 0.619. The Labute approximate surface area is 171 Å². The van der Waals surface area contributed by atoms with Crippen LogP contribution < -0.4 is 16.6 Å². The molecule has 0 radical (unpaired) electrons. The molecule has 4 rings (SSSR count). The van der Waals surface area contributed by atoms with Crippen molar-refractivity contribution in [1.29, 1.82) is 0 Å². The Morgan fingerprint density at radius 1 is 1.38 bits per heavy atom. The minimum Gasteiger partial charge on any atom is -0.460 e. The summed E-state index contributed by atoms with van der Waals surface area (Å²) in [6.07, 6.45) is 7.02. The minimum absolute atomic E-state index is 0.00679. The van der Waals surface area contributed by atoms with Crippen molar-refractivity contribution in [3.8, 4) is 0 Å². The number of aromatic nitrogens is 3. The molecule has 0 saturated heterocycles. The van der Waals surface area contributed by atoms with Crippen LogP contribution in [0.1, 0.15) is 38.2 Å². The summed E-state index contributed by atoms with van der Waals surface area (Å²) in [4.78, 5) is 32.0. The zero-order valence-electron chi connectivity index (χ0n) is 16.1. The van der Waals surface area contributed by atoms with Crippen LogP contribution in [0.5, 0.6) is 0 Å². The molecule has 0 aliphatic heterocycles. The third kappa shape index (κ3) is 4.40. The first-order chi connectivity index (χ1) is 14.0. The fourth-order valence-electron chi connectivity index (χ4n) is 3.69. The number of rotatable bonds is 5. The zero-order valence-corrected chi connectivity index (χ0v) is 16.9. The predicted octanol–water partition coefficient (Wildman–Crippen LogP) is 2.77. The molecule has 3 aromatic rings. The smallest absolute Gasteiger partial charge is 0.302 e. The lowest BCUT2D eigenvalue weighted by atomic mass is 9.92. The second-order valence-corrected chi connectivity index (χ2v) is 8.28. The van der Waals surface area contributed by atoms with E-state index < -0.39 is 0 Å². The summed E-state index contributed by atoms with van der Waals surface area (Å²) in [5, 5.41) is 4.27. The van der Waals surface area contributed by atoms with Crippen LogP contribution in [0.15, 0.2) is 35.4 Å². The van der Waals surface area contributed by atoms with E-state index in [0.717, 1.165) is 46.6 Å². The molecule has 9 heteroatoms. The van der Waals surface area contributed by atoms with E-state index in [4.69, 9.17) is 10.5 Å². The maximum absolute atomic E-state index is 12.1. The molecular weight excluding hydrogens is 390 g/mol. The number of nitrogens with two attached hydrogens (primary N) is 1. The van der Waals surface area contributed by atoms with E-state index in [2.05, 4.69) is 15.3 Å². The van der Waals surface area contributed by atoms with E-state index in [1.807, 2.05) is 18.2 Å². The molecule has 2 heterocycles. The summed E-state index contributed by atoms with van der Waals surface area (Å²) >= 11 is 1.56. The van der Waals surface area contributed by atoms with Gasteiger partial charge in [-0.05, 0) is 37.0 Å². The molecule has 0 spiro atoms. The Morgan fingerprint density at radius 2 is 2.21 bits per heavy atom. The SMILES string of the molecule is CC(=O)OC1CCCCC1Nc1nc2ccc(Cn3ccnc(N)c3=O)cc2s1. The Balaban J connectivity index is 1.53. The van der Waals surface area contributed by atoms with Gasteiger partial charge in [-0.15, -0.1) is 0 Å². The molecule has 2 atom stereocenters. The normalized spacial score (nSPS) is 19.2. The van der Waals surface area contributed by atoms with E-state index in [-0.39, 0.29) is 29.5 Å². The van der Waals surface area contributed by atoms with Crippen LogP contribution in [0.25, 0.3) is 10.2 Å². The molecule has 1 aliphatic rings. The summed E-state index contributed by atoms with van der Waals surface area (Å²) in [5.41, 5.74) is 7.18. The number of carbonyl (C=O) groups excluding carboxylic acids is 1. The summed E-state index contributed by atoms with van der Waals surface area (Å²) < 4.78 is 8.05. The fourth-order valence-corrected chi connectivity index (χ4v) is 4.68. The topological polar surface area (TPSA) is 112 Å². The van der Waals surface area contributed by atoms with Crippen molar-refractivity contribution in [2.24, 2.45) is 0 Å². The van der Waals surface area contributed by atoms with Crippen LogP contribution in [0, 0.1) is 0 Å². The number of anilines is 2. The Kier molecular flexibility index (Phi) is 5.48. The molecule has 2 aromatic heterocycles. The van der Waals surface area contributed by atoms with Crippen molar-refractivity contribution in [2.45, 2.75) is 51.3 Å². The van der Waals surface area contributed by atoms with E-state index in [0.29, 0.717) is 6.54 Å². The van der Waals surface area contributed by atoms with Gasteiger partial charge in [0.05, 0.1) is 22.8 Å². The number of fused-ring (bicyclic) bond motifs is 1. The van der Waals surface area contributed by atoms with Crippen molar-refractivity contribution in [1.82, 2.24) is 14.5 Å². The van der Waals surface area contributed by atoms with Gasteiger partial charge in [0.25, 0.3) is 5.56 Å². The standard InChI is InChI=1S/C20H23N5O3S/c1-12(26)28-16-5-3-2-4-14(16)23-20-24-15-7-6-13(10-17(15)29-20)11-25-9-8-22-18(21)19(25)27/h6-10,14,16H,2-5,11H2,1H3,(H2,21,22)(H,23,24). The molecule has 29 heavy (non-hydrogen) atoms. The monoisotopic (exact) mass is 413 g/mol. The number of hydrogen-bond acceptors (Lipinski definition) is 8. The number of carbonyl (C=O) groups is 1. The average molecular weight is 414 g/mol. The lowest BCUT2D eigenvalue weighted by Crippen LogP contribution is -2.39. The molecule has 8 nitrogen and oxygen atoms in total. The van der Waals surface area contributed by atoms with Gasteiger partial charge in [-0.2, -0.15) is 0 Å². The lowest BCUT2D eigenvalue weighted by Gasteiger charge is -2.31. The number of thiazole rings is 1. The maximum Gasteiger partial charge on any atom is 0.302 e. The Bertz CT molecular complexity index is 1090. The molecule has 1 fully saturated rings. The highest BCUT2D eigenvalue weighted by Crippen LogP contribution is 2.30. The van der Waals surface area contributed by atoms with Gasteiger partial charge < -0.3 is 20.4 Å². The van der Waals surface area contributed by atoms with Crippen LogP contribution in [0.4, 0.5) is 10.9 Å². The molecule has 1 saturated carbocycles. The molecule has 152 valence electrons. The second-order valence-electron chi connectivity index (χ2n) is 7.25. The van der Waals surface area contributed by atoms with Crippen LogP contribution in [0.3, 0.4) is 0 Å². The van der Waals surface area contributed by atoms with Crippen molar-refractivity contribution >= 4 is 38.5 Å². The number of nitrogens with zero attached hydrogens (tertiary/aromatic N) is 3. The predicted molar refractivity (Wildman–Crippen MR) is 113 cm³/mol. The second kappa shape index (κ2) is 8.20. The fraction of sp³-hybridized carbons (Fsp3) is 0.400. The van der Waals surface area contributed by atoms with Crippen molar-refractivity contribution in [3.63, 3.8) is 0 Å². The number of nitrogens with one attached hydrogen (secondary N) is 1. The molecule has 3 N–H and O–H groups in total. The summed E-state index contributed by atoms with van der Waals surface area (Å²) in [7, 11) is 0. The van der Waals surface area contributed by atoms with E-state index in [1.54, 1.807) is 17.5 Å². The van der Waals surface area contributed by atoms with Crippen LogP contribution in [-0.4, -0.2) is 32.7 Å². The largest absolute Gasteiger partial charge is 0.460 e. The first-order valence-electron chi connectivity index (χ1n) is 9.64. The van der Waals surface area contributed by atoms with Crippen LogP contribution in [0.2, 0.25) is 0 Å². The number of ether oxygens (including phenoxy) is 1. The molecule has 1 aliphatic carbocycles. The van der Waals surface area contributed by atoms with Gasteiger partial charge in [0, 0.05) is 19.3 Å². The van der Waals surface area contributed by atoms with Crippen molar-refractivity contribution in [3.05, 3.63) is 46.5 Å². The minimum atomic E-state index is -0.298. The summed E-state index contributed by atoms with van der Waals surface area (Å²) in [6.45, 7) is 1.87. The molecule has 2 unspecified atom stereocenters. The third-order valence-corrected chi connectivity index (χ3v) is 6.02. The number of esters is 1. The van der Waals surface area contributed by atoms with Crippen molar-refractivity contribution < 1.29 is 9.53 Å². The molecule has 0 bridgehead atoms. The third-order valence-electron chi connectivity index (χ3n) is 5.07. The van der Waals surface area contributed by atoms with Gasteiger partial charge >= 0.3 is 5.97 Å². The highest BCUT2D eigenvalue weighted by atomic mass is 32.1. The molecule has 0 amide bonds. The Hall–Kier alpha value is -2.94. The number of hydrogen-bond donors (Lipinski definition) is 2. The van der Waals surface area contributed by atoms with Crippen molar-refractivity contribution in [2.75, 3.05) is 11.1 Å². The van der Waals surface area contributed by atoms with Gasteiger partial charge in [0.15, 0.2) is 10.9 Å². The van der Waals surface area contributed by atoms with Crippen LogP contribution in [-0.2, 0) is 16.1 Å². The first-order valence-corrected chi connectivity index (χ1v) is 10.5. The summed E-state index contributed by atoms with van der Waals surface area (Å²) in [5.74, 6) is -0.252. The van der Waals surface area contributed by atoms with Gasteiger partial charge in [0.2, 0.25) is 0 Å². The molecule has 1 aromatic carbocycles. The van der Waals surface area contributed by atoms with Gasteiger partial charge in [0.1, 0.15) is 6.10 Å². The van der Waals surface area contributed by atoms with Crippen LogP contribution >= 0.6 is 11.3 Å². The highest BCUT2D eigenvalue weighted by Gasteiger charge is 2.28. The van der Waals surface area contributed by atoms with Gasteiger partial charge in [-0.1, -0.05) is 23.8 Å². The Morgan fingerprint density at radius 3 is 3.03 bits per heavy atom. The van der Waals surface area contributed by atoms with E-state index in [1.165, 1.54) is 17.7 Å². The highest BCUT2D eigenvalue weighted by molar-refractivity contribution is 7.22. The zero-order chi connectivity index (χ0) is 20.4. The first kappa shape index (κ1) is 19.4. The van der Waals surface area contributed by atoms with Gasteiger partial charge in [-0.25, -0.2) is 9.97 Å².